The number of anilines is 1. The normalized spacial score (nSPS) is 11.0. The third-order valence-corrected chi connectivity index (χ3v) is 5.33. The molecule has 0 spiro atoms. The number of carbonyl (C=O) groups is 2. The van der Waals surface area contributed by atoms with Gasteiger partial charge in [0.2, 0.25) is 0 Å². The van der Waals surface area contributed by atoms with Crippen LogP contribution in [0.5, 0.6) is 0 Å². The Kier molecular flexibility index (Phi) is 6.61. The third kappa shape index (κ3) is 5.03. The first-order valence-electron chi connectivity index (χ1n) is 9.84. The number of aryl methyl sites for hydroxylation is 4. The van der Waals surface area contributed by atoms with Gasteiger partial charge in [-0.1, -0.05) is 29.8 Å². The van der Waals surface area contributed by atoms with Crippen molar-refractivity contribution in [2.75, 3.05) is 5.32 Å². The Labute approximate surface area is 186 Å². The number of nitrogens with one attached hydrogen (secondary N) is 2. The van der Waals surface area contributed by atoms with Crippen molar-refractivity contribution in [3.8, 4) is 5.69 Å². The zero-order valence-corrected chi connectivity index (χ0v) is 19.0. The molecule has 0 unspecified atom stereocenters. The monoisotopic (exact) mass is 436 g/mol. The Morgan fingerprint density at radius 2 is 1.65 bits per heavy atom. The van der Waals surface area contributed by atoms with Crippen LogP contribution in [0, 0.1) is 34.6 Å². The summed E-state index contributed by atoms with van der Waals surface area (Å²) in [4.78, 5) is 24.3. The first kappa shape index (κ1) is 22.3. The summed E-state index contributed by atoms with van der Waals surface area (Å²) in [7, 11) is 0. The highest BCUT2D eigenvalue weighted by Gasteiger charge is 2.15. The van der Waals surface area contributed by atoms with Gasteiger partial charge in [-0.05, 0) is 75.6 Å². The standard InChI is InChI=1S/C24H25ClN4O2/c1-14-6-7-16(3)22(10-14)29-17(4)11-19(18(29)5)13-26-28-24(31)23(30)27-21-12-20(25)9-8-15(21)2/h6-13H,1-5H3,(H,27,30)(H,28,31)/b26-13-. The van der Waals surface area contributed by atoms with Crippen molar-refractivity contribution in [3.05, 3.63) is 81.1 Å². The zero-order valence-electron chi connectivity index (χ0n) is 18.2. The van der Waals surface area contributed by atoms with Crippen LogP contribution in [0.25, 0.3) is 5.69 Å². The molecule has 0 saturated carbocycles. The molecule has 0 saturated heterocycles. The molecule has 0 fully saturated rings. The molecule has 7 heteroatoms. The lowest BCUT2D eigenvalue weighted by atomic mass is 10.1. The van der Waals surface area contributed by atoms with E-state index in [1.807, 2.05) is 26.8 Å². The number of hydrogen-bond acceptors (Lipinski definition) is 3. The van der Waals surface area contributed by atoms with Crippen LogP contribution in [-0.4, -0.2) is 22.6 Å². The predicted molar refractivity (Wildman–Crippen MR) is 125 cm³/mol. The van der Waals surface area contributed by atoms with Gasteiger partial charge < -0.3 is 9.88 Å². The molecule has 0 aliphatic heterocycles. The van der Waals surface area contributed by atoms with Gasteiger partial charge in [-0.2, -0.15) is 5.10 Å². The Morgan fingerprint density at radius 3 is 2.39 bits per heavy atom. The first-order valence-corrected chi connectivity index (χ1v) is 10.2. The van der Waals surface area contributed by atoms with Crippen molar-refractivity contribution in [2.45, 2.75) is 34.6 Å². The third-order valence-electron chi connectivity index (χ3n) is 5.10. The minimum Gasteiger partial charge on any atom is -0.318 e. The number of nitrogens with zero attached hydrogens (tertiary/aromatic N) is 2. The second kappa shape index (κ2) is 9.18. The average Bonchev–Trinajstić information content (AvgIpc) is 2.99. The molecule has 0 atom stereocenters. The molecule has 31 heavy (non-hydrogen) atoms. The van der Waals surface area contributed by atoms with Crippen molar-refractivity contribution >= 4 is 35.3 Å². The smallest absolute Gasteiger partial charge is 0.318 e. The summed E-state index contributed by atoms with van der Waals surface area (Å²) in [6, 6.07) is 13.4. The van der Waals surface area contributed by atoms with Crippen LogP contribution in [-0.2, 0) is 9.59 Å². The molecule has 3 rings (SSSR count). The largest absolute Gasteiger partial charge is 0.329 e. The fourth-order valence-electron chi connectivity index (χ4n) is 3.37. The summed E-state index contributed by atoms with van der Waals surface area (Å²) in [6.45, 7) is 9.96. The number of benzene rings is 2. The summed E-state index contributed by atoms with van der Waals surface area (Å²) in [5.41, 5.74) is 9.89. The highest BCUT2D eigenvalue weighted by molar-refractivity contribution is 6.40. The van der Waals surface area contributed by atoms with E-state index in [2.05, 4.69) is 52.5 Å². The SMILES string of the molecule is Cc1ccc(C)c(-n2c(C)cc(/C=N\NC(=O)C(=O)Nc3cc(Cl)ccc3C)c2C)c1. The molecule has 1 aromatic heterocycles. The summed E-state index contributed by atoms with van der Waals surface area (Å²) >= 11 is 5.95. The lowest BCUT2D eigenvalue weighted by molar-refractivity contribution is -0.136. The maximum Gasteiger partial charge on any atom is 0.329 e. The number of carbonyl (C=O) groups excluding carboxylic acids is 2. The second-order valence-electron chi connectivity index (χ2n) is 7.56. The van der Waals surface area contributed by atoms with E-state index in [9.17, 15) is 9.59 Å². The Hall–Kier alpha value is -3.38. The highest BCUT2D eigenvalue weighted by Crippen LogP contribution is 2.23. The molecule has 0 radical (unpaired) electrons. The number of rotatable bonds is 4. The molecule has 0 aliphatic carbocycles. The number of halogens is 1. The molecular weight excluding hydrogens is 412 g/mol. The van der Waals surface area contributed by atoms with E-state index in [4.69, 9.17) is 11.6 Å². The molecule has 2 N–H and O–H groups in total. The topological polar surface area (TPSA) is 75.5 Å². The minimum absolute atomic E-state index is 0.471. The quantitative estimate of drug-likeness (QED) is 0.351. The molecule has 6 nitrogen and oxygen atoms in total. The number of aromatic nitrogens is 1. The maximum atomic E-state index is 12.2. The van der Waals surface area contributed by atoms with Crippen molar-refractivity contribution < 1.29 is 9.59 Å². The molecular formula is C24H25ClN4O2. The van der Waals surface area contributed by atoms with Gasteiger partial charge in [0, 0.05) is 33.3 Å². The Bertz CT molecular complexity index is 1190. The fourth-order valence-corrected chi connectivity index (χ4v) is 3.54. The predicted octanol–water partition coefficient (Wildman–Crippen LogP) is 4.76. The van der Waals surface area contributed by atoms with Crippen LogP contribution in [0.2, 0.25) is 5.02 Å². The van der Waals surface area contributed by atoms with Crippen molar-refractivity contribution in [3.63, 3.8) is 0 Å². The van der Waals surface area contributed by atoms with E-state index in [0.29, 0.717) is 10.7 Å². The molecule has 160 valence electrons. The van der Waals surface area contributed by atoms with Gasteiger partial charge in [0.1, 0.15) is 0 Å². The van der Waals surface area contributed by atoms with Crippen LogP contribution >= 0.6 is 11.6 Å². The molecule has 3 aromatic rings. The van der Waals surface area contributed by atoms with Gasteiger partial charge in [-0.15, -0.1) is 0 Å². The van der Waals surface area contributed by atoms with Gasteiger partial charge in [0.05, 0.1) is 6.21 Å². The van der Waals surface area contributed by atoms with E-state index in [1.165, 1.54) is 5.56 Å². The van der Waals surface area contributed by atoms with Gasteiger partial charge in [-0.25, -0.2) is 5.43 Å². The molecule has 0 aliphatic rings. The average molecular weight is 437 g/mol. The Morgan fingerprint density at radius 1 is 0.935 bits per heavy atom. The number of hydrogen-bond donors (Lipinski definition) is 2. The van der Waals surface area contributed by atoms with E-state index >= 15 is 0 Å². The lowest BCUT2D eigenvalue weighted by Crippen LogP contribution is -2.32. The van der Waals surface area contributed by atoms with Gasteiger partial charge in [0.25, 0.3) is 0 Å². The highest BCUT2D eigenvalue weighted by atomic mass is 35.5. The maximum absolute atomic E-state index is 12.2. The van der Waals surface area contributed by atoms with Crippen LogP contribution in [0.15, 0.2) is 47.6 Å². The van der Waals surface area contributed by atoms with Crippen LogP contribution < -0.4 is 10.7 Å². The molecule has 2 amide bonds. The van der Waals surface area contributed by atoms with E-state index in [-0.39, 0.29) is 0 Å². The van der Waals surface area contributed by atoms with Crippen LogP contribution in [0.4, 0.5) is 5.69 Å². The lowest BCUT2D eigenvalue weighted by Gasteiger charge is -2.13. The second-order valence-corrected chi connectivity index (χ2v) is 8.00. The van der Waals surface area contributed by atoms with E-state index in [1.54, 1.807) is 24.4 Å². The fraction of sp³-hybridized carbons (Fsp3) is 0.208. The van der Waals surface area contributed by atoms with Gasteiger partial charge >= 0.3 is 11.8 Å². The minimum atomic E-state index is -0.862. The van der Waals surface area contributed by atoms with Crippen molar-refractivity contribution in [2.24, 2.45) is 5.10 Å². The van der Waals surface area contributed by atoms with Gasteiger partial charge in [0.15, 0.2) is 0 Å². The summed E-state index contributed by atoms with van der Waals surface area (Å²) in [5.74, 6) is -1.68. The zero-order chi connectivity index (χ0) is 22.7. The molecule has 1 heterocycles. The molecule has 0 bridgehead atoms. The van der Waals surface area contributed by atoms with Crippen LogP contribution in [0.3, 0.4) is 0 Å². The van der Waals surface area contributed by atoms with Gasteiger partial charge in [-0.3, -0.25) is 9.59 Å². The molecule has 2 aromatic carbocycles. The first-order chi connectivity index (χ1) is 14.7. The van der Waals surface area contributed by atoms with Crippen molar-refractivity contribution in [1.82, 2.24) is 9.99 Å². The van der Waals surface area contributed by atoms with Crippen molar-refractivity contribution in [1.29, 1.82) is 0 Å². The van der Waals surface area contributed by atoms with E-state index < -0.39 is 11.8 Å². The van der Waals surface area contributed by atoms with Crippen LogP contribution in [0.1, 0.15) is 33.6 Å². The number of hydrazone groups is 1. The van der Waals surface area contributed by atoms with E-state index in [0.717, 1.165) is 33.8 Å². The Balaban J connectivity index is 1.72. The number of amides is 2. The summed E-state index contributed by atoms with van der Waals surface area (Å²) in [5, 5.41) is 6.98. The summed E-state index contributed by atoms with van der Waals surface area (Å²) in [6.07, 6.45) is 1.54. The summed E-state index contributed by atoms with van der Waals surface area (Å²) < 4.78 is 2.15.